The normalized spacial score (nSPS) is 14.5. The van der Waals surface area contributed by atoms with E-state index >= 15 is 0 Å². The van der Waals surface area contributed by atoms with Gasteiger partial charge in [0.2, 0.25) is 0 Å². The van der Waals surface area contributed by atoms with Gasteiger partial charge in [-0.2, -0.15) is 0 Å². The third-order valence-corrected chi connectivity index (χ3v) is 2.76. The van der Waals surface area contributed by atoms with Gasteiger partial charge in [-0.1, -0.05) is 0 Å². The number of hydrogen-bond donors (Lipinski definition) is 1. The highest BCUT2D eigenvalue weighted by Crippen LogP contribution is 2.26. The second kappa shape index (κ2) is 4.00. The molecule has 2 rings (SSSR count). The Hall–Kier alpha value is -1.78. The number of hydrogen-bond acceptors (Lipinski definition) is 2. The van der Waals surface area contributed by atoms with Crippen LogP contribution in [0.5, 0.6) is 5.75 Å². The van der Waals surface area contributed by atoms with Crippen LogP contribution >= 0.6 is 0 Å². The molecule has 1 aliphatic rings. The lowest BCUT2D eigenvalue weighted by molar-refractivity contribution is 0.140. The first kappa shape index (κ1) is 10.7. The summed E-state index contributed by atoms with van der Waals surface area (Å²) in [7, 11) is 1.41. The van der Waals surface area contributed by atoms with E-state index in [4.69, 9.17) is 9.84 Å². The Kier molecular flexibility index (Phi) is 2.68. The van der Waals surface area contributed by atoms with Gasteiger partial charge >= 0.3 is 6.09 Å². The molecule has 0 bridgehead atoms. The molecule has 0 saturated carbocycles. The Morgan fingerprint density at radius 3 is 2.88 bits per heavy atom. The van der Waals surface area contributed by atoms with E-state index in [0.717, 1.165) is 5.56 Å². The highest BCUT2D eigenvalue weighted by atomic mass is 19.1. The summed E-state index contributed by atoms with van der Waals surface area (Å²) >= 11 is 0. The third-order valence-electron chi connectivity index (χ3n) is 2.76. The molecular weight excluding hydrogens is 213 g/mol. The van der Waals surface area contributed by atoms with Gasteiger partial charge in [-0.3, -0.25) is 0 Å². The van der Waals surface area contributed by atoms with Crippen molar-refractivity contribution in [2.24, 2.45) is 0 Å². The molecule has 1 amide bonds. The highest BCUT2D eigenvalue weighted by Gasteiger charge is 2.21. The molecule has 0 fully saturated rings. The van der Waals surface area contributed by atoms with Crippen molar-refractivity contribution < 1.29 is 19.0 Å². The van der Waals surface area contributed by atoms with E-state index in [2.05, 4.69) is 0 Å². The second-order valence-electron chi connectivity index (χ2n) is 3.71. The van der Waals surface area contributed by atoms with E-state index in [1.54, 1.807) is 6.07 Å². The zero-order chi connectivity index (χ0) is 11.7. The van der Waals surface area contributed by atoms with Crippen molar-refractivity contribution in [2.75, 3.05) is 13.7 Å². The SMILES string of the molecule is COc1cc2c(cc1F)CN(C(=O)O)CC2. The van der Waals surface area contributed by atoms with Crippen molar-refractivity contribution in [2.45, 2.75) is 13.0 Å². The number of fused-ring (bicyclic) bond motifs is 1. The average molecular weight is 225 g/mol. The lowest BCUT2D eigenvalue weighted by Crippen LogP contribution is -2.34. The summed E-state index contributed by atoms with van der Waals surface area (Å²) in [5.74, 6) is -0.240. The van der Waals surface area contributed by atoms with Crippen LogP contribution in [-0.2, 0) is 13.0 Å². The Morgan fingerprint density at radius 1 is 1.50 bits per heavy atom. The van der Waals surface area contributed by atoms with Gasteiger partial charge in [0, 0.05) is 13.1 Å². The smallest absolute Gasteiger partial charge is 0.407 e. The maximum atomic E-state index is 13.4. The minimum Gasteiger partial charge on any atom is -0.494 e. The molecule has 0 radical (unpaired) electrons. The summed E-state index contributed by atoms with van der Waals surface area (Å²) in [6.45, 7) is 0.683. The van der Waals surface area contributed by atoms with Gasteiger partial charge in [-0.05, 0) is 29.7 Å². The number of ether oxygens (including phenoxy) is 1. The van der Waals surface area contributed by atoms with Crippen molar-refractivity contribution in [1.29, 1.82) is 0 Å². The van der Waals surface area contributed by atoms with Crippen molar-refractivity contribution in [3.63, 3.8) is 0 Å². The van der Waals surface area contributed by atoms with Crippen LogP contribution in [0.25, 0.3) is 0 Å². The predicted molar refractivity (Wildman–Crippen MR) is 55.1 cm³/mol. The number of nitrogens with zero attached hydrogens (tertiary/aromatic N) is 1. The molecule has 1 aliphatic heterocycles. The first-order valence-corrected chi connectivity index (χ1v) is 4.95. The molecule has 0 unspecified atom stereocenters. The number of rotatable bonds is 1. The molecule has 1 aromatic rings. The van der Waals surface area contributed by atoms with Gasteiger partial charge < -0.3 is 14.7 Å². The van der Waals surface area contributed by atoms with Gasteiger partial charge in [-0.25, -0.2) is 9.18 Å². The standard InChI is InChI=1S/C11H12FNO3/c1-16-10-5-7-2-3-13(11(14)15)6-8(7)4-9(10)12/h4-5H,2-3,6H2,1H3,(H,14,15). The van der Waals surface area contributed by atoms with Crippen molar-refractivity contribution in [1.82, 2.24) is 4.90 Å². The molecule has 1 heterocycles. The van der Waals surface area contributed by atoms with Gasteiger partial charge in [0.25, 0.3) is 0 Å². The summed E-state index contributed by atoms with van der Waals surface area (Å²) in [6, 6.07) is 2.99. The topological polar surface area (TPSA) is 49.8 Å². The first-order valence-electron chi connectivity index (χ1n) is 4.95. The number of benzene rings is 1. The molecule has 0 aliphatic carbocycles. The number of halogens is 1. The molecule has 4 nitrogen and oxygen atoms in total. The maximum Gasteiger partial charge on any atom is 0.407 e. The molecule has 0 atom stereocenters. The summed E-state index contributed by atoms with van der Waals surface area (Å²) in [5.41, 5.74) is 1.67. The summed E-state index contributed by atoms with van der Waals surface area (Å²) in [5, 5.41) is 8.84. The number of carboxylic acid groups (broad SMARTS) is 1. The molecule has 16 heavy (non-hydrogen) atoms. The van der Waals surface area contributed by atoms with E-state index in [1.807, 2.05) is 0 Å². The van der Waals surface area contributed by atoms with Crippen LogP contribution in [0.4, 0.5) is 9.18 Å². The Bertz CT molecular complexity index is 433. The van der Waals surface area contributed by atoms with Gasteiger partial charge in [0.1, 0.15) is 0 Å². The molecule has 0 aromatic heterocycles. The molecule has 0 saturated heterocycles. The Balaban J connectivity index is 2.33. The summed E-state index contributed by atoms with van der Waals surface area (Å²) in [6.07, 6.45) is -0.375. The minimum atomic E-state index is -0.970. The Labute approximate surface area is 92.2 Å². The van der Waals surface area contributed by atoms with E-state index < -0.39 is 11.9 Å². The zero-order valence-electron chi connectivity index (χ0n) is 8.86. The van der Waals surface area contributed by atoms with Crippen LogP contribution in [0.3, 0.4) is 0 Å². The molecule has 1 aromatic carbocycles. The average Bonchev–Trinajstić information content (AvgIpc) is 2.27. The largest absolute Gasteiger partial charge is 0.494 e. The summed E-state index contributed by atoms with van der Waals surface area (Å²) in [4.78, 5) is 12.1. The van der Waals surface area contributed by atoms with E-state index in [9.17, 15) is 9.18 Å². The van der Waals surface area contributed by atoms with E-state index in [1.165, 1.54) is 18.1 Å². The number of methoxy groups -OCH3 is 1. The van der Waals surface area contributed by atoms with Crippen LogP contribution in [0, 0.1) is 5.82 Å². The fraction of sp³-hybridized carbons (Fsp3) is 0.364. The Morgan fingerprint density at radius 2 is 2.25 bits per heavy atom. The zero-order valence-corrected chi connectivity index (χ0v) is 8.86. The second-order valence-corrected chi connectivity index (χ2v) is 3.71. The van der Waals surface area contributed by atoms with Crippen molar-refractivity contribution >= 4 is 6.09 Å². The van der Waals surface area contributed by atoms with Crippen molar-refractivity contribution in [3.05, 3.63) is 29.1 Å². The van der Waals surface area contributed by atoms with E-state index in [0.29, 0.717) is 18.5 Å². The quantitative estimate of drug-likeness (QED) is 0.793. The van der Waals surface area contributed by atoms with Crippen LogP contribution in [0.1, 0.15) is 11.1 Å². The molecular formula is C11H12FNO3. The number of carbonyl (C=O) groups is 1. The fourth-order valence-electron chi connectivity index (χ4n) is 1.88. The van der Waals surface area contributed by atoms with Gasteiger partial charge in [-0.15, -0.1) is 0 Å². The lowest BCUT2D eigenvalue weighted by Gasteiger charge is -2.26. The maximum absolute atomic E-state index is 13.4. The third kappa shape index (κ3) is 1.80. The summed E-state index contributed by atoms with van der Waals surface area (Å²) < 4.78 is 18.3. The molecule has 1 N–H and O–H groups in total. The van der Waals surface area contributed by atoms with Crippen LogP contribution < -0.4 is 4.74 Å². The fourth-order valence-corrected chi connectivity index (χ4v) is 1.88. The number of amides is 1. The lowest BCUT2D eigenvalue weighted by atomic mass is 9.99. The van der Waals surface area contributed by atoms with Gasteiger partial charge in [0.15, 0.2) is 11.6 Å². The molecule has 5 heteroatoms. The van der Waals surface area contributed by atoms with Gasteiger partial charge in [0.05, 0.1) is 7.11 Å². The van der Waals surface area contributed by atoms with Crippen LogP contribution in [0.15, 0.2) is 12.1 Å². The molecule has 0 spiro atoms. The minimum absolute atomic E-state index is 0.211. The molecule has 86 valence electrons. The monoisotopic (exact) mass is 225 g/mol. The van der Waals surface area contributed by atoms with E-state index in [-0.39, 0.29) is 12.3 Å². The highest BCUT2D eigenvalue weighted by molar-refractivity contribution is 5.65. The van der Waals surface area contributed by atoms with Crippen LogP contribution in [0.2, 0.25) is 0 Å². The van der Waals surface area contributed by atoms with Crippen molar-refractivity contribution in [3.8, 4) is 5.75 Å². The van der Waals surface area contributed by atoms with Crippen LogP contribution in [-0.4, -0.2) is 29.8 Å². The predicted octanol–water partition coefficient (Wildman–Crippen LogP) is 1.87. The first-order chi connectivity index (χ1) is 7.61.